The molecule has 0 unspecified atom stereocenters. The number of aromatic hydroxyl groups is 1. The summed E-state index contributed by atoms with van der Waals surface area (Å²) in [6.07, 6.45) is 2.59. The summed E-state index contributed by atoms with van der Waals surface area (Å²) >= 11 is 3.35. The van der Waals surface area contributed by atoms with Crippen molar-refractivity contribution in [2.75, 3.05) is 6.54 Å². The van der Waals surface area contributed by atoms with Crippen LogP contribution < -0.4 is 5.32 Å². The molecule has 1 aromatic carbocycles. The lowest BCUT2D eigenvalue weighted by molar-refractivity contribution is -0.118. The second-order valence-electron chi connectivity index (χ2n) is 3.89. The maximum absolute atomic E-state index is 10.8. The monoisotopic (exact) mass is 296 g/mol. The number of carbonyl (C=O) groups excluding carboxylic acids is 1. The van der Waals surface area contributed by atoms with Crippen molar-refractivity contribution < 1.29 is 9.90 Å². The van der Waals surface area contributed by atoms with Gasteiger partial charge in [0.25, 0.3) is 0 Å². The molecule has 1 aromatic heterocycles. The van der Waals surface area contributed by atoms with E-state index in [9.17, 15) is 9.90 Å². The molecule has 17 heavy (non-hydrogen) atoms. The molecule has 2 aromatic rings. The zero-order chi connectivity index (χ0) is 12.4. The van der Waals surface area contributed by atoms with Crippen molar-refractivity contribution in [2.45, 2.75) is 13.3 Å². The number of nitrogens with one attached hydrogen (secondary N) is 2. The normalized spacial score (nSPS) is 10.7. The number of fused-ring (bicyclic) bond motifs is 1. The first-order valence-corrected chi connectivity index (χ1v) is 6.10. The van der Waals surface area contributed by atoms with Crippen LogP contribution >= 0.6 is 15.9 Å². The third-order valence-electron chi connectivity index (χ3n) is 2.59. The van der Waals surface area contributed by atoms with Crippen LogP contribution in [0.4, 0.5) is 0 Å². The van der Waals surface area contributed by atoms with E-state index in [1.807, 2.05) is 12.3 Å². The van der Waals surface area contributed by atoms with Gasteiger partial charge in [-0.1, -0.05) is 15.9 Å². The van der Waals surface area contributed by atoms with Gasteiger partial charge in [0, 0.05) is 29.5 Å². The van der Waals surface area contributed by atoms with E-state index >= 15 is 0 Å². The first-order valence-electron chi connectivity index (χ1n) is 5.31. The number of hydrogen-bond donors (Lipinski definition) is 3. The van der Waals surface area contributed by atoms with Gasteiger partial charge >= 0.3 is 0 Å². The fraction of sp³-hybridized carbons (Fsp3) is 0.250. The van der Waals surface area contributed by atoms with Crippen LogP contribution in [0.1, 0.15) is 12.5 Å². The van der Waals surface area contributed by atoms with Gasteiger partial charge in [0.2, 0.25) is 5.91 Å². The number of phenols is 1. The SMILES string of the molecule is CC(=O)NCCc1c[nH]c2c(O)cc(Br)cc12. The third-order valence-corrected chi connectivity index (χ3v) is 3.05. The summed E-state index contributed by atoms with van der Waals surface area (Å²) in [5.74, 6) is 0.189. The van der Waals surface area contributed by atoms with Gasteiger partial charge in [0.05, 0.1) is 5.52 Å². The largest absolute Gasteiger partial charge is 0.506 e. The summed E-state index contributed by atoms with van der Waals surface area (Å²) in [6, 6.07) is 3.60. The standard InChI is InChI=1S/C12H13BrN2O2/c1-7(16)14-3-2-8-6-15-12-10(8)4-9(13)5-11(12)17/h4-6,15,17H,2-3H2,1H3,(H,14,16). The van der Waals surface area contributed by atoms with E-state index < -0.39 is 0 Å². The van der Waals surface area contributed by atoms with Crippen LogP contribution in [0.25, 0.3) is 10.9 Å². The molecule has 0 bridgehead atoms. The predicted molar refractivity (Wildman–Crippen MR) is 70.1 cm³/mol. The molecule has 0 aliphatic rings. The Morgan fingerprint density at radius 1 is 1.53 bits per heavy atom. The number of rotatable bonds is 3. The number of halogens is 1. The lowest BCUT2D eigenvalue weighted by Crippen LogP contribution is -2.22. The Kier molecular flexibility index (Phi) is 3.38. The van der Waals surface area contributed by atoms with Crippen molar-refractivity contribution >= 4 is 32.7 Å². The molecule has 90 valence electrons. The quantitative estimate of drug-likeness (QED) is 0.814. The summed E-state index contributed by atoms with van der Waals surface area (Å²) in [5, 5.41) is 13.5. The highest BCUT2D eigenvalue weighted by Crippen LogP contribution is 2.30. The number of aromatic nitrogens is 1. The zero-order valence-corrected chi connectivity index (χ0v) is 11.0. The Morgan fingerprint density at radius 2 is 2.29 bits per heavy atom. The van der Waals surface area contributed by atoms with Crippen LogP contribution in [-0.2, 0) is 11.2 Å². The number of benzene rings is 1. The van der Waals surface area contributed by atoms with E-state index in [1.165, 1.54) is 6.92 Å². The molecule has 0 aliphatic heterocycles. The van der Waals surface area contributed by atoms with Crippen molar-refractivity contribution in [1.29, 1.82) is 0 Å². The molecule has 0 aliphatic carbocycles. The topological polar surface area (TPSA) is 65.1 Å². The minimum absolute atomic E-state index is 0.0335. The number of amides is 1. The van der Waals surface area contributed by atoms with Gasteiger partial charge in [-0.25, -0.2) is 0 Å². The average Bonchev–Trinajstić information content (AvgIpc) is 2.61. The molecular weight excluding hydrogens is 284 g/mol. The van der Waals surface area contributed by atoms with Crippen LogP contribution in [0, 0.1) is 0 Å². The summed E-state index contributed by atoms with van der Waals surface area (Å²) in [6.45, 7) is 2.09. The third kappa shape index (κ3) is 2.61. The van der Waals surface area contributed by atoms with E-state index in [-0.39, 0.29) is 11.7 Å². The molecule has 0 saturated carbocycles. The Balaban J connectivity index is 2.26. The number of H-pyrrole nitrogens is 1. The second kappa shape index (κ2) is 4.79. The lowest BCUT2D eigenvalue weighted by Gasteiger charge is -2.02. The summed E-state index contributed by atoms with van der Waals surface area (Å²) < 4.78 is 0.836. The maximum Gasteiger partial charge on any atom is 0.216 e. The van der Waals surface area contributed by atoms with Crippen LogP contribution in [-0.4, -0.2) is 22.5 Å². The number of phenolic OH excluding ortho intramolecular Hbond substituents is 1. The first kappa shape index (κ1) is 12.0. The zero-order valence-electron chi connectivity index (χ0n) is 9.38. The summed E-state index contributed by atoms with van der Waals surface area (Å²) in [4.78, 5) is 13.8. The van der Waals surface area contributed by atoms with Gasteiger partial charge in [-0.2, -0.15) is 0 Å². The average molecular weight is 297 g/mol. The van der Waals surface area contributed by atoms with Crippen molar-refractivity contribution in [2.24, 2.45) is 0 Å². The molecule has 1 amide bonds. The smallest absolute Gasteiger partial charge is 0.216 e. The molecule has 1 heterocycles. The van der Waals surface area contributed by atoms with Crippen molar-refractivity contribution in [3.63, 3.8) is 0 Å². The highest BCUT2D eigenvalue weighted by Gasteiger charge is 2.08. The first-order chi connectivity index (χ1) is 8.08. The Hall–Kier alpha value is -1.49. The highest BCUT2D eigenvalue weighted by atomic mass is 79.9. The molecule has 0 saturated heterocycles. The molecular formula is C12H13BrN2O2. The van der Waals surface area contributed by atoms with Crippen molar-refractivity contribution in [3.8, 4) is 5.75 Å². The second-order valence-corrected chi connectivity index (χ2v) is 4.81. The molecule has 2 rings (SSSR count). The molecule has 0 radical (unpaired) electrons. The predicted octanol–water partition coefficient (Wildman–Crippen LogP) is 2.31. The fourth-order valence-corrected chi connectivity index (χ4v) is 2.26. The van der Waals surface area contributed by atoms with E-state index in [0.29, 0.717) is 6.54 Å². The Bertz CT molecular complexity index is 563. The summed E-state index contributed by atoms with van der Waals surface area (Å²) in [7, 11) is 0. The van der Waals surface area contributed by atoms with Crippen LogP contribution in [0.15, 0.2) is 22.8 Å². The Labute approximate surface area is 107 Å². The minimum atomic E-state index is -0.0335. The minimum Gasteiger partial charge on any atom is -0.506 e. The number of carbonyl (C=O) groups is 1. The lowest BCUT2D eigenvalue weighted by atomic mass is 10.1. The van der Waals surface area contributed by atoms with Crippen LogP contribution in [0.2, 0.25) is 0 Å². The van der Waals surface area contributed by atoms with Crippen LogP contribution in [0.3, 0.4) is 0 Å². The van der Waals surface area contributed by atoms with E-state index in [4.69, 9.17) is 0 Å². The van der Waals surface area contributed by atoms with Gasteiger partial charge < -0.3 is 15.4 Å². The fourth-order valence-electron chi connectivity index (χ4n) is 1.81. The van der Waals surface area contributed by atoms with Crippen molar-refractivity contribution in [3.05, 3.63) is 28.4 Å². The molecule has 0 fully saturated rings. The van der Waals surface area contributed by atoms with Gasteiger partial charge in [0.1, 0.15) is 5.75 Å². The Morgan fingerprint density at radius 3 is 3.00 bits per heavy atom. The number of hydrogen-bond acceptors (Lipinski definition) is 2. The molecule has 0 atom stereocenters. The van der Waals surface area contributed by atoms with Gasteiger partial charge in [-0.15, -0.1) is 0 Å². The van der Waals surface area contributed by atoms with Gasteiger partial charge in [-0.05, 0) is 24.1 Å². The molecule has 0 spiro atoms. The molecule has 4 nitrogen and oxygen atoms in total. The van der Waals surface area contributed by atoms with E-state index in [1.54, 1.807) is 6.07 Å². The van der Waals surface area contributed by atoms with Crippen LogP contribution in [0.5, 0.6) is 5.75 Å². The van der Waals surface area contributed by atoms with E-state index in [2.05, 4.69) is 26.2 Å². The van der Waals surface area contributed by atoms with E-state index in [0.717, 1.165) is 27.4 Å². The van der Waals surface area contributed by atoms with Gasteiger partial charge in [0.15, 0.2) is 0 Å². The van der Waals surface area contributed by atoms with Gasteiger partial charge in [-0.3, -0.25) is 4.79 Å². The molecule has 3 N–H and O–H groups in total. The molecule has 5 heteroatoms. The highest BCUT2D eigenvalue weighted by molar-refractivity contribution is 9.10. The number of aromatic amines is 1. The summed E-state index contributed by atoms with van der Waals surface area (Å²) in [5.41, 5.74) is 1.80. The maximum atomic E-state index is 10.8. The van der Waals surface area contributed by atoms with Crippen molar-refractivity contribution in [1.82, 2.24) is 10.3 Å².